The van der Waals surface area contributed by atoms with Crippen LogP contribution in [0.1, 0.15) is 57.2 Å². The number of rotatable bonds is 7. The van der Waals surface area contributed by atoms with Crippen molar-refractivity contribution in [2.75, 3.05) is 0 Å². The van der Waals surface area contributed by atoms with Crippen molar-refractivity contribution in [3.63, 3.8) is 0 Å². The SMILES string of the molecule is CC.Cc1ccc(\C=C/C(=C\C=C\O)C(C)(C)C2=CC=C(Oc3ccc(C)cc3)CC2)cc1. The summed E-state index contributed by atoms with van der Waals surface area (Å²) in [6.45, 7) is 12.6. The van der Waals surface area contributed by atoms with E-state index in [1.807, 2.05) is 32.1 Å². The Morgan fingerprint density at radius 3 is 2.03 bits per heavy atom. The van der Waals surface area contributed by atoms with E-state index in [9.17, 15) is 5.11 Å². The van der Waals surface area contributed by atoms with Crippen LogP contribution in [0.5, 0.6) is 5.75 Å². The first-order chi connectivity index (χ1) is 15.9. The molecule has 2 heteroatoms. The van der Waals surface area contributed by atoms with Gasteiger partial charge in [-0.2, -0.15) is 0 Å². The van der Waals surface area contributed by atoms with E-state index in [2.05, 4.69) is 88.4 Å². The third kappa shape index (κ3) is 7.68. The summed E-state index contributed by atoms with van der Waals surface area (Å²) in [6, 6.07) is 16.6. The lowest BCUT2D eigenvalue weighted by Gasteiger charge is -2.32. The largest absolute Gasteiger partial charge is 0.516 e. The fourth-order valence-corrected chi connectivity index (χ4v) is 3.65. The van der Waals surface area contributed by atoms with E-state index < -0.39 is 0 Å². The van der Waals surface area contributed by atoms with E-state index in [4.69, 9.17) is 4.74 Å². The van der Waals surface area contributed by atoms with Crippen LogP contribution in [0.25, 0.3) is 6.08 Å². The van der Waals surface area contributed by atoms with Crippen molar-refractivity contribution >= 4 is 6.08 Å². The summed E-state index contributed by atoms with van der Waals surface area (Å²) in [5, 5.41) is 9.21. The molecule has 0 spiro atoms. The van der Waals surface area contributed by atoms with Crippen molar-refractivity contribution in [3.8, 4) is 5.75 Å². The Morgan fingerprint density at radius 2 is 1.48 bits per heavy atom. The minimum Gasteiger partial charge on any atom is -0.516 e. The topological polar surface area (TPSA) is 29.5 Å². The summed E-state index contributed by atoms with van der Waals surface area (Å²) in [5.74, 6) is 1.86. The van der Waals surface area contributed by atoms with Crippen LogP contribution in [0.3, 0.4) is 0 Å². The van der Waals surface area contributed by atoms with Gasteiger partial charge in [0.25, 0.3) is 0 Å². The second-order valence-electron chi connectivity index (χ2n) is 8.57. The number of aliphatic hydroxyl groups excluding tert-OH is 1. The maximum atomic E-state index is 9.21. The van der Waals surface area contributed by atoms with Gasteiger partial charge in [-0.3, -0.25) is 0 Å². The number of ether oxygens (including phenoxy) is 1. The first-order valence-corrected chi connectivity index (χ1v) is 11.8. The third-order valence-electron chi connectivity index (χ3n) is 5.80. The molecule has 0 radical (unpaired) electrons. The molecule has 2 aromatic carbocycles. The van der Waals surface area contributed by atoms with Crippen LogP contribution in [0.15, 0.2) is 102 Å². The molecule has 0 saturated carbocycles. The van der Waals surface area contributed by atoms with Gasteiger partial charge in [0.05, 0.1) is 6.26 Å². The quantitative estimate of drug-likeness (QED) is 0.342. The highest BCUT2D eigenvalue weighted by Gasteiger charge is 2.27. The van der Waals surface area contributed by atoms with Gasteiger partial charge in [0, 0.05) is 11.8 Å². The highest BCUT2D eigenvalue weighted by molar-refractivity contribution is 5.56. The Hall–Kier alpha value is -3.26. The number of aliphatic hydroxyl groups is 1. The van der Waals surface area contributed by atoms with Gasteiger partial charge in [0.2, 0.25) is 0 Å². The van der Waals surface area contributed by atoms with Crippen LogP contribution in [0.2, 0.25) is 0 Å². The summed E-state index contributed by atoms with van der Waals surface area (Å²) in [6.07, 6.45) is 15.1. The zero-order valence-corrected chi connectivity index (χ0v) is 20.9. The number of hydrogen-bond donors (Lipinski definition) is 1. The number of hydrogen-bond acceptors (Lipinski definition) is 2. The van der Waals surface area contributed by atoms with Gasteiger partial charge in [0.1, 0.15) is 11.5 Å². The van der Waals surface area contributed by atoms with E-state index in [0.717, 1.165) is 41.7 Å². The van der Waals surface area contributed by atoms with Crippen LogP contribution in [0, 0.1) is 19.3 Å². The summed E-state index contributed by atoms with van der Waals surface area (Å²) in [4.78, 5) is 0. The minimum absolute atomic E-state index is 0.174. The summed E-state index contributed by atoms with van der Waals surface area (Å²) < 4.78 is 6.06. The van der Waals surface area contributed by atoms with Gasteiger partial charge in [-0.25, -0.2) is 0 Å². The van der Waals surface area contributed by atoms with Crippen molar-refractivity contribution in [2.24, 2.45) is 5.41 Å². The molecule has 0 bridgehead atoms. The molecule has 0 aliphatic heterocycles. The van der Waals surface area contributed by atoms with E-state index in [1.54, 1.807) is 6.08 Å². The smallest absolute Gasteiger partial charge is 0.126 e. The Kier molecular flexibility index (Phi) is 10.00. The van der Waals surface area contributed by atoms with E-state index in [1.165, 1.54) is 16.7 Å². The Balaban J connectivity index is 0.00000187. The Morgan fingerprint density at radius 1 is 0.879 bits per heavy atom. The lowest BCUT2D eigenvalue weighted by atomic mass is 9.73. The maximum Gasteiger partial charge on any atom is 0.126 e. The molecule has 33 heavy (non-hydrogen) atoms. The summed E-state index contributed by atoms with van der Waals surface area (Å²) >= 11 is 0. The molecule has 3 rings (SSSR count). The first-order valence-electron chi connectivity index (χ1n) is 11.8. The molecule has 0 fully saturated rings. The molecule has 1 aliphatic carbocycles. The summed E-state index contributed by atoms with van der Waals surface area (Å²) in [5.41, 5.74) is 5.94. The fraction of sp³-hybridized carbons (Fsp3) is 0.290. The monoisotopic (exact) mass is 442 g/mol. The molecule has 0 amide bonds. The third-order valence-corrected chi connectivity index (χ3v) is 5.80. The van der Waals surface area contributed by atoms with Crippen LogP contribution >= 0.6 is 0 Å². The molecule has 0 aromatic heterocycles. The average Bonchev–Trinajstić information content (AvgIpc) is 2.83. The molecular weight excluding hydrogens is 404 g/mol. The molecule has 0 saturated heterocycles. The van der Waals surface area contributed by atoms with Crippen LogP contribution in [-0.4, -0.2) is 5.11 Å². The molecule has 1 N–H and O–H groups in total. The Labute approximate surface area is 200 Å². The van der Waals surface area contributed by atoms with Crippen LogP contribution in [0.4, 0.5) is 0 Å². The second-order valence-corrected chi connectivity index (χ2v) is 8.57. The molecule has 2 nitrogen and oxygen atoms in total. The minimum atomic E-state index is -0.174. The lowest BCUT2D eigenvalue weighted by Crippen LogP contribution is -2.19. The van der Waals surface area contributed by atoms with Gasteiger partial charge in [-0.1, -0.05) is 105 Å². The van der Waals surface area contributed by atoms with E-state index in [-0.39, 0.29) is 5.41 Å². The number of aryl methyl sites for hydroxylation is 2. The van der Waals surface area contributed by atoms with Crippen LogP contribution in [-0.2, 0) is 0 Å². The van der Waals surface area contributed by atoms with Crippen molar-refractivity contribution in [1.82, 2.24) is 0 Å². The summed E-state index contributed by atoms with van der Waals surface area (Å²) in [7, 11) is 0. The van der Waals surface area contributed by atoms with Crippen molar-refractivity contribution < 1.29 is 9.84 Å². The van der Waals surface area contributed by atoms with Gasteiger partial charge >= 0.3 is 0 Å². The zero-order valence-electron chi connectivity index (χ0n) is 20.9. The van der Waals surface area contributed by atoms with Gasteiger partial charge < -0.3 is 9.84 Å². The highest BCUT2D eigenvalue weighted by atomic mass is 16.5. The molecule has 174 valence electrons. The second kappa shape index (κ2) is 12.7. The predicted molar refractivity (Wildman–Crippen MR) is 142 cm³/mol. The number of allylic oxidation sites excluding steroid dienone is 8. The standard InChI is InChI=1S/C29H32O2.C2H6/c1-22-7-11-24(12-8-22)13-14-25(6-5-21-30)29(3,4)26-15-19-28(20-16-26)31-27-17-9-23(2)10-18-27;1-2/h5-15,17-19,21,30H,16,20H2,1-4H3;1-2H3/b14-13-,21-5+,25-6+;. The predicted octanol–water partition coefficient (Wildman–Crippen LogP) is 9.05. The molecule has 0 heterocycles. The molecule has 0 unspecified atom stereocenters. The van der Waals surface area contributed by atoms with E-state index in [0.29, 0.717) is 0 Å². The normalized spacial score (nSPS) is 14.5. The maximum absolute atomic E-state index is 9.21. The van der Waals surface area contributed by atoms with Gasteiger partial charge in [0.15, 0.2) is 0 Å². The van der Waals surface area contributed by atoms with Crippen molar-refractivity contribution in [1.29, 1.82) is 0 Å². The lowest BCUT2D eigenvalue weighted by molar-refractivity contribution is 0.392. The molecule has 1 aliphatic rings. The first kappa shape index (κ1) is 26.0. The number of benzene rings is 2. The van der Waals surface area contributed by atoms with Gasteiger partial charge in [-0.15, -0.1) is 0 Å². The van der Waals surface area contributed by atoms with Gasteiger partial charge in [-0.05, 0) is 55.7 Å². The highest BCUT2D eigenvalue weighted by Crippen LogP contribution is 2.40. The zero-order chi connectivity index (χ0) is 24.3. The average molecular weight is 443 g/mol. The molecule has 0 atom stereocenters. The van der Waals surface area contributed by atoms with E-state index >= 15 is 0 Å². The van der Waals surface area contributed by atoms with Crippen molar-refractivity contribution in [2.45, 2.75) is 54.4 Å². The van der Waals surface area contributed by atoms with Crippen molar-refractivity contribution in [3.05, 3.63) is 119 Å². The fourth-order valence-electron chi connectivity index (χ4n) is 3.65. The molecule has 2 aromatic rings. The Bertz CT molecular complexity index is 1030. The molecular formula is C31H38O2. The van der Waals surface area contributed by atoms with Crippen LogP contribution < -0.4 is 4.74 Å².